The molecule has 0 spiro atoms. The Morgan fingerprint density at radius 2 is 2.07 bits per heavy atom. The first-order valence-electron chi connectivity index (χ1n) is 9.82. The van der Waals surface area contributed by atoms with Crippen LogP contribution in [0.1, 0.15) is 25.3 Å². The van der Waals surface area contributed by atoms with Gasteiger partial charge in [-0.3, -0.25) is 0 Å². The first-order valence-corrected chi connectivity index (χ1v) is 9.82. The van der Waals surface area contributed by atoms with Gasteiger partial charge in [0, 0.05) is 25.7 Å². The molecule has 1 fully saturated rings. The Bertz CT molecular complexity index is 649. The molecule has 1 aromatic carbocycles. The standard InChI is InChI=1S/C20H33N5O3.HI/c1-4-27-20(26)25-10-8-17(9-11-25)23-19(21)22-15-16-6-5-7-18(14-16)28-13-12-24(2)3;/h5-7,14,17H,4,8-13,15H2,1-3H3,(H3,21,22,23);1H. The van der Waals surface area contributed by atoms with Crippen LogP contribution in [0.15, 0.2) is 29.3 Å². The van der Waals surface area contributed by atoms with E-state index < -0.39 is 0 Å². The van der Waals surface area contributed by atoms with E-state index in [0.717, 1.165) is 30.7 Å². The van der Waals surface area contributed by atoms with E-state index in [2.05, 4.69) is 15.2 Å². The fraction of sp³-hybridized carbons (Fsp3) is 0.600. The third-order valence-corrected chi connectivity index (χ3v) is 4.51. The summed E-state index contributed by atoms with van der Waals surface area (Å²) >= 11 is 0. The minimum Gasteiger partial charge on any atom is -0.492 e. The number of rotatable bonds is 8. The predicted molar refractivity (Wildman–Crippen MR) is 126 cm³/mol. The second-order valence-corrected chi connectivity index (χ2v) is 7.11. The van der Waals surface area contributed by atoms with Crippen molar-refractivity contribution in [3.05, 3.63) is 29.8 Å². The number of amides is 1. The van der Waals surface area contributed by atoms with Gasteiger partial charge in [-0.25, -0.2) is 9.79 Å². The highest BCUT2D eigenvalue weighted by Gasteiger charge is 2.23. The Kier molecular flexibility index (Phi) is 11.7. The largest absolute Gasteiger partial charge is 0.492 e. The van der Waals surface area contributed by atoms with Crippen molar-refractivity contribution in [3.63, 3.8) is 0 Å². The molecular weight excluding hydrogens is 485 g/mol. The van der Waals surface area contributed by atoms with Crippen LogP contribution in [0, 0.1) is 0 Å². The van der Waals surface area contributed by atoms with Gasteiger partial charge in [0.1, 0.15) is 12.4 Å². The van der Waals surface area contributed by atoms with Gasteiger partial charge in [-0.2, -0.15) is 0 Å². The molecule has 164 valence electrons. The minimum atomic E-state index is -0.240. The second kappa shape index (κ2) is 13.5. The van der Waals surface area contributed by atoms with Gasteiger partial charge in [-0.05, 0) is 51.6 Å². The van der Waals surface area contributed by atoms with E-state index in [4.69, 9.17) is 15.2 Å². The summed E-state index contributed by atoms with van der Waals surface area (Å²) in [5.41, 5.74) is 7.09. The summed E-state index contributed by atoms with van der Waals surface area (Å²) in [6.07, 6.45) is 1.41. The van der Waals surface area contributed by atoms with Crippen LogP contribution < -0.4 is 15.8 Å². The number of guanidine groups is 1. The summed E-state index contributed by atoms with van der Waals surface area (Å²) < 4.78 is 10.8. The molecule has 1 heterocycles. The number of likely N-dealkylation sites (tertiary alicyclic amines) is 1. The fourth-order valence-electron chi connectivity index (χ4n) is 2.93. The van der Waals surface area contributed by atoms with E-state index in [-0.39, 0.29) is 36.1 Å². The van der Waals surface area contributed by atoms with Gasteiger partial charge in [-0.15, -0.1) is 24.0 Å². The van der Waals surface area contributed by atoms with Crippen molar-refractivity contribution in [2.75, 3.05) is 46.9 Å². The first-order chi connectivity index (χ1) is 13.5. The number of hydrogen-bond acceptors (Lipinski definition) is 5. The molecule has 0 saturated carbocycles. The van der Waals surface area contributed by atoms with Crippen LogP contribution in [0.2, 0.25) is 0 Å². The van der Waals surface area contributed by atoms with Crippen molar-refractivity contribution in [2.45, 2.75) is 32.4 Å². The molecule has 1 amide bonds. The quantitative estimate of drug-likeness (QED) is 0.311. The number of carbonyl (C=O) groups is 1. The van der Waals surface area contributed by atoms with Gasteiger partial charge in [0.15, 0.2) is 5.96 Å². The van der Waals surface area contributed by atoms with Crippen LogP contribution in [-0.4, -0.2) is 74.8 Å². The lowest BCUT2D eigenvalue weighted by Gasteiger charge is -2.31. The van der Waals surface area contributed by atoms with E-state index in [9.17, 15) is 4.79 Å². The molecule has 0 radical (unpaired) electrons. The number of hydrogen-bond donors (Lipinski definition) is 2. The van der Waals surface area contributed by atoms with Crippen LogP contribution in [0.25, 0.3) is 0 Å². The van der Waals surface area contributed by atoms with Gasteiger partial charge in [0.05, 0.1) is 13.2 Å². The highest BCUT2D eigenvalue weighted by Crippen LogP contribution is 2.14. The van der Waals surface area contributed by atoms with Gasteiger partial charge >= 0.3 is 6.09 Å². The van der Waals surface area contributed by atoms with Crippen molar-refractivity contribution in [2.24, 2.45) is 10.7 Å². The van der Waals surface area contributed by atoms with Crippen molar-refractivity contribution in [3.8, 4) is 5.75 Å². The zero-order valence-corrected chi connectivity index (χ0v) is 19.9. The normalized spacial score (nSPS) is 15.0. The molecule has 2 rings (SSSR count). The number of benzene rings is 1. The number of likely N-dealkylation sites (N-methyl/N-ethyl adjacent to an activating group) is 1. The average Bonchev–Trinajstić information content (AvgIpc) is 2.67. The predicted octanol–water partition coefficient (Wildman–Crippen LogP) is 2.27. The SMILES string of the molecule is CCOC(=O)N1CCC(NC(N)=NCc2cccc(OCCN(C)C)c2)CC1.I. The van der Waals surface area contributed by atoms with E-state index in [1.165, 1.54) is 0 Å². The molecule has 8 nitrogen and oxygen atoms in total. The molecule has 1 aliphatic rings. The Labute approximate surface area is 190 Å². The first kappa shape index (κ1) is 25.3. The van der Waals surface area contributed by atoms with Crippen LogP contribution in [-0.2, 0) is 11.3 Å². The highest BCUT2D eigenvalue weighted by molar-refractivity contribution is 14.0. The van der Waals surface area contributed by atoms with Gasteiger partial charge in [-0.1, -0.05) is 12.1 Å². The lowest BCUT2D eigenvalue weighted by molar-refractivity contribution is 0.0963. The van der Waals surface area contributed by atoms with E-state index in [1.54, 1.807) is 4.90 Å². The summed E-state index contributed by atoms with van der Waals surface area (Å²) in [5, 5.41) is 3.25. The van der Waals surface area contributed by atoms with E-state index in [0.29, 0.717) is 38.8 Å². The molecule has 1 aliphatic heterocycles. The van der Waals surface area contributed by atoms with Crippen LogP contribution in [0.3, 0.4) is 0 Å². The van der Waals surface area contributed by atoms with Crippen molar-refractivity contribution >= 4 is 36.0 Å². The van der Waals surface area contributed by atoms with Crippen molar-refractivity contribution < 1.29 is 14.3 Å². The van der Waals surface area contributed by atoms with E-state index in [1.807, 2.05) is 45.3 Å². The summed E-state index contributed by atoms with van der Waals surface area (Å²) in [6, 6.07) is 8.12. The van der Waals surface area contributed by atoms with Crippen LogP contribution in [0.5, 0.6) is 5.75 Å². The average molecular weight is 519 g/mol. The van der Waals surface area contributed by atoms with Gasteiger partial charge in [0.25, 0.3) is 0 Å². The maximum atomic E-state index is 11.7. The lowest BCUT2D eigenvalue weighted by Crippen LogP contribution is -2.48. The summed E-state index contributed by atoms with van der Waals surface area (Å²) in [5.74, 6) is 1.26. The lowest BCUT2D eigenvalue weighted by atomic mass is 10.1. The summed E-state index contributed by atoms with van der Waals surface area (Å²) in [4.78, 5) is 20.0. The van der Waals surface area contributed by atoms with Gasteiger partial charge < -0.3 is 30.3 Å². The van der Waals surface area contributed by atoms with Crippen LogP contribution >= 0.6 is 24.0 Å². The molecular formula is C20H34IN5O3. The Morgan fingerprint density at radius 1 is 1.34 bits per heavy atom. The molecule has 0 aromatic heterocycles. The Hall–Kier alpha value is -1.75. The highest BCUT2D eigenvalue weighted by atomic mass is 127. The summed E-state index contributed by atoms with van der Waals surface area (Å²) in [6.45, 7) is 5.55. The smallest absolute Gasteiger partial charge is 0.409 e. The number of halogens is 1. The second-order valence-electron chi connectivity index (χ2n) is 7.11. The van der Waals surface area contributed by atoms with Crippen molar-refractivity contribution in [1.82, 2.24) is 15.1 Å². The zero-order valence-electron chi connectivity index (χ0n) is 17.6. The molecule has 0 bridgehead atoms. The molecule has 0 atom stereocenters. The topological polar surface area (TPSA) is 92.4 Å². The fourth-order valence-corrected chi connectivity index (χ4v) is 2.93. The molecule has 1 saturated heterocycles. The molecule has 3 N–H and O–H groups in total. The number of ether oxygens (including phenoxy) is 2. The minimum absolute atomic E-state index is 0. The number of nitrogens with two attached hydrogens (primary N) is 1. The summed E-state index contributed by atoms with van der Waals surface area (Å²) in [7, 11) is 4.04. The third kappa shape index (κ3) is 9.53. The molecule has 1 aromatic rings. The molecule has 0 unspecified atom stereocenters. The maximum absolute atomic E-state index is 11.7. The number of nitrogens with zero attached hydrogens (tertiary/aromatic N) is 3. The van der Waals surface area contributed by atoms with Gasteiger partial charge in [0.2, 0.25) is 0 Å². The Balaban J connectivity index is 0.00000420. The number of nitrogens with one attached hydrogen (secondary N) is 1. The molecule has 0 aliphatic carbocycles. The number of carbonyl (C=O) groups excluding carboxylic acids is 1. The van der Waals surface area contributed by atoms with Crippen molar-refractivity contribution in [1.29, 1.82) is 0 Å². The molecule has 9 heteroatoms. The Morgan fingerprint density at radius 3 is 2.72 bits per heavy atom. The monoisotopic (exact) mass is 519 g/mol. The number of aliphatic imine (C=N–C) groups is 1. The number of piperidine rings is 1. The van der Waals surface area contributed by atoms with E-state index >= 15 is 0 Å². The maximum Gasteiger partial charge on any atom is 0.409 e. The molecule has 29 heavy (non-hydrogen) atoms. The van der Waals surface area contributed by atoms with Crippen LogP contribution in [0.4, 0.5) is 4.79 Å². The zero-order chi connectivity index (χ0) is 20.4. The third-order valence-electron chi connectivity index (χ3n) is 4.51.